The van der Waals surface area contributed by atoms with Gasteiger partial charge in [-0.05, 0) is 73.2 Å². The zero-order chi connectivity index (χ0) is 19.4. The van der Waals surface area contributed by atoms with Crippen LogP contribution < -0.4 is 9.62 Å². The zero-order valence-electron chi connectivity index (χ0n) is 15.5. The SMILES string of the molecule is CCCc1cc(C#N)cc(NC(=O)c2cc(N3CCCS3)cc(C)c2Cl)c1. The van der Waals surface area contributed by atoms with Crippen molar-refractivity contribution in [2.24, 2.45) is 0 Å². The van der Waals surface area contributed by atoms with E-state index in [-0.39, 0.29) is 5.91 Å². The Bertz CT molecular complexity index is 901. The number of amides is 1. The van der Waals surface area contributed by atoms with Gasteiger partial charge in [0, 0.05) is 23.7 Å². The van der Waals surface area contributed by atoms with Gasteiger partial charge in [0.2, 0.25) is 0 Å². The predicted octanol–water partition coefficient (Wildman–Crippen LogP) is 5.58. The molecule has 1 heterocycles. The van der Waals surface area contributed by atoms with Crippen LogP contribution in [-0.4, -0.2) is 18.2 Å². The monoisotopic (exact) mass is 399 g/mol. The van der Waals surface area contributed by atoms with Crippen LogP contribution in [0.3, 0.4) is 0 Å². The minimum Gasteiger partial charge on any atom is -0.322 e. The zero-order valence-corrected chi connectivity index (χ0v) is 17.1. The van der Waals surface area contributed by atoms with Crippen LogP contribution in [0.15, 0.2) is 30.3 Å². The fourth-order valence-electron chi connectivity index (χ4n) is 3.17. The Labute approximate surface area is 169 Å². The van der Waals surface area contributed by atoms with E-state index in [9.17, 15) is 10.1 Å². The first-order chi connectivity index (χ1) is 13.0. The Morgan fingerprint density at radius 1 is 1.33 bits per heavy atom. The van der Waals surface area contributed by atoms with Gasteiger partial charge in [-0.2, -0.15) is 5.26 Å². The van der Waals surface area contributed by atoms with E-state index in [1.807, 2.05) is 31.2 Å². The van der Waals surface area contributed by atoms with Crippen molar-refractivity contribution in [2.75, 3.05) is 21.9 Å². The fraction of sp³-hybridized carbons (Fsp3) is 0.333. The van der Waals surface area contributed by atoms with Gasteiger partial charge >= 0.3 is 0 Å². The minimum absolute atomic E-state index is 0.258. The van der Waals surface area contributed by atoms with Crippen LogP contribution in [-0.2, 0) is 6.42 Å². The van der Waals surface area contributed by atoms with Crippen molar-refractivity contribution in [1.29, 1.82) is 5.26 Å². The van der Waals surface area contributed by atoms with E-state index in [1.165, 1.54) is 0 Å². The molecule has 0 radical (unpaired) electrons. The van der Waals surface area contributed by atoms with E-state index in [0.717, 1.165) is 48.4 Å². The van der Waals surface area contributed by atoms with Gasteiger partial charge < -0.3 is 9.62 Å². The molecule has 1 saturated heterocycles. The molecule has 0 aliphatic carbocycles. The molecule has 0 atom stereocenters. The van der Waals surface area contributed by atoms with Crippen LogP contribution >= 0.6 is 23.5 Å². The Hall–Kier alpha value is -2.16. The first kappa shape index (κ1) is 19.6. The van der Waals surface area contributed by atoms with E-state index < -0.39 is 0 Å². The van der Waals surface area contributed by atoms with Gasteiger partial charge in [0.15, 0.2) is 0 Å². The van der Waals surface area contributed by atoms with Crippen molar-refractivity contribution in [3.05, 3.63) is 57.6 Å². The van der Waals surface area contributed by atoms with Crippen molar-refractivity contribution in [2.45, 2.75) is 33.1 Å². The number of nitriles is 1. The number of hydrogen-bond donors (Lipinski definition) is 1. The van der Waals surface area contributed by atoms with Gasteiger partial charge in [0.25, 0.3) is 5.91 Å². The number of nitrogens with zero attached hydrogens (tertiary/aromatic N) is 2. The number of aryl methyl sites for hydroxylation is 2. The van der Waals surface area contributed by atoms with Gasteiger partial charge in [-0.15, -0.1) is 0 Å². The highest BCUT2D eigenvalue weighted by molar-refractivity contribution is 8.00. The molecule has 0 unspecified atom stereocenters. The molecular weight excluding hydrogens is 378 g/mol. The molecule has 2 aromatic rings. The van der Waals surface area contributed by atoms with Gasteiger partial charge in [-0.25, -0.2) is 0 Å². The molecule has 1 aliphatic heterocycles. The highest BCUT2D eigenvalue weighted by atomic mass is 35.5. The molecule has 2 aromatic carbocycles. The average Bonchev–Trinajstić information content (AvgIpc) is 3.18. The number of carbonyl (C=O) groups excluding carboxylic acids is 1. The van der Waals surface area contributed by atoms with Crippen LogP contribution in [0.25, 0.3) is 0 Å². The summed E-state index contributed by atoms with van der Waals surface area (Å²) in [5.74, 6) is 0.830. The van der Waals surface area contributed by atoms with Gasteiger partial charge in [0.05, 0.1) is 22.2 Å². The van der Waals surface area contributed by atoms with Crippen LogP contribution in [0.2, 0.25) is 5.02 Å². The summed E-state index contributed by atoms with van der Waals surface area (Å²) in [5, 5.41) is 12.6. The van der Waals surface area contributed by atoms with Gasteiger partial charge in [-0.1, -0.05) is 24.9 Å². The molecule has 140 valence electrons. The second-order valence-corrected chi connectivity index (χ2v) is 8.13. The molecule has 0 saturated carbocycles. The third kappa shape index (κ3) is 4.58. The smallest absolute Gasteiger partial charge is 0.257 e. The summed E-state index contributed by atoms with van der Waals surface area (Å²) in [7, 11) is 0. The summed E-state index contributed by atoms with van der Waals surface area (Å²) in [4.78, 5) is 12.9. The quantitative estimate of drug-likeness (QED) is 0.666. The Morgan fingerprint density at radius 2 is 2.15 bits per heavy atom. The van der Waals surface area contributed by atoms with Crippen LogP contribution in [0, 0.1) is 18.3 Å². The highest BCUT2D eigenvalue weighted by Crippen LogP contribution is 2.33. The molecule has 0 aromatic heterocycles. The lowest BCUT2D eigenvalue weighted by Gasteiger charge is -2.19. The molecule has 0 spiro atoms. The second-order valence-electron chi connectivity index (χ2n) is 6.65. The number of halogens is 1. The summed E-state index contributed by atoms with van der Waals surface area (Å²) in [5.41, 5.74) is 4.54. The maximum atomic E-state index is 12.9. The molecule has 4 nitrogen and oxygen atoms in total. The number of nitrogens with one attached hydrogen (secondary N) is 1. The normalized spacial score (nSPS) is 13.5. The number of hydrogen-bond acceptors (Lipinski definition) is 4. The number of rotatable bonds is 5. The summed E-state index contributed by atoms with van der Waals surface area (Å²) in [6.45, 7) is 4.97. The lowest BCUT2D eigenvalue weighted by atomic mass is 10.1. The summed E-state index contributed by atoms with van der Waals surface area (Å²) in [6.07, 6.45) is 2.97. The van der Waals surface area contributed by atoms with Crippen LogP contribution in [0.4, 0.5) is 11.4 Å². The topological polar surface area (TPSA) is 56.1 Å². The molecular formula is C21H22ClN3OS. The number of carbonyl (C=O) groups is 1. The van der Waals surface area contributed by atoms with Gasteiger partial charge in [0.1, 0.15) is 0 Å². The minimum atomic E-state index is -0.258. The molecule has 27 heavy (non-hydrogen) atoms. The third-order valence-corrected chi connectivity index (χ3v) is 6.12. The van der Waals surface area contributed by atoms with E-state index in [2.05, 4.69) is 22.6 Å². The van der Waals surface area contributed by atoms with Crippen molar-refractivity contribution >= 4 is 40.8 Å². The van der Waals surface area contributed by atoms with Crippen molar-refractivity contribution in [3.8, 4) is 6.07 Å². The molecule has 1 N–H and O–H groups in total. The molecule has 1 aliphatic rings. The van der Waals surface area contributed by atoms with Gasteiger partial charge in [-0.3, -0.25) is 4.79 Å². The molecule has 3 rings (SSSR count). The van der Waals surface area contributed by atoms with Crippen molar-refractivity contribution < 1.29 is 4.79 Å². The first-order valence-electron chi connectivity index (χ1n) is 9.08. The summed E-state index contributed by atoms with van der Waals surface area (Å²) < 4.78 is 2.20. The fourth-order valence-corrected chi connectivity index (χ4v) is 4.36. The van der Waals surface area contributed by atoms with Crippen LogP contribution in [0.1, 0.15) is 46.8 Å². The highest BCUT2D eigenvalue weighted by Gasteiger charge is 2.19. The second kappa shape index (κ2) is 8.69. The molecule has 1 fully saturated rings. The summed E-state index contributed by atoms with van der Waals surface area (Å²) in [6, 6.07) is 11.5. The average molecular weight is 400 g/mol. The van der Waals surface area contributed by atoms with Crippen molar-refractivity contribution in [3.63, 3.8) is 0 Å². The molecule has 6 heteroatoms. The number of benzene rings is 2. The van der Waals surface area contributed by atoms with E-state index in [0.29, 0.717) is 21.8 Å². The maximum absolute atomic E-state index is 12.9. The summed E-state index contributed by atoms with van der Waals surface area (Å²) >= 11 is 8.20. The lowest BCUT2D eigenvalue weighted by Crippen LogP contribution is -2.16. The Kier molecular flexibility index (Phi) is 6.30. The first-order valence-corrected chi connectivity index (χ1v) is 10.4. The predicted molar refractivity (Wildman–Crippen MR) is 114 cm³/mol. The Balaban J connectivity index is 1.90. The van der Waals surface area contributed by atoms with E-state index >= 15 is 0 Å². The lowest BCUT2D eigenvalue weighted by molar-refractivity contribution is 0.102. The maximum Gasteiger partial charge on any atom is 0.257 e. The number of anilines is 2. The van der Waals surface area contributed by atoms with E-state index in [1.54, 1.807) is 18.0 Å². The molecule has 0 bridgehead atoms. The Morgan fingerprint density at radius 3 is 2.81 bits per heavy atom. The largest absolute Gasteiger partial charge is 0.322 e. The van der Waals surface area contributed by atoms with Crippen molar-refractivity contribution in [1.82, 2.24) is 0 Å². The van der Waals surface area contributed by atoms with Crippen LogP contribution in [0.5, 0.6) is 0 Å². The standard InChI is InChI=1S/C21H22ClN3OS/c1-3-5-15-9-16(13-23)11-17(10-15)24-21(26)19-12-18(8-14(2)20(19)22)25-6-4-7-27-25/h8-12H,3-7H2,1-2H3,(H,24,26). The third-order valence-electron chi connectivity index (χ3n) is 4.44. The molecule has 1 amide bonds. The van der Waals surface area contributed by atoms with E-state index in [4.69, 9.17) is 11.6 Å².